The molecule has 0 spiro atoms. The van der Waals surface area contributed by atoms with E-state index in [-0.39, 0.29) is 12.1 Å². The molecule has 6 heteroatoms. The number of rotatable bonds is 6. The van der Waals surface area contributed by atoms with Crippen LogP contribution in [-0.2, 0) is 4.74 Å². The van der Waals surface area contributed by atoms with Crippen LogP contribution in [-0.4, -0.2) is 36.9 Å². The molecule has 0 bridgehead atoms. The van der Waals surface area contributed by atoms with Crippen LogP contribution in [0.25, 0.3) is 0 Å². The molecule has 3 N–H and O–H groups in total. The molecular weight excluding hydrogens is 246 g/mol. The van der Waals surface area contributed by atoms with Crippen molar-refractivity contribution in [2.75, 3.05) is 13.1 Å². The third-order valence-electron chi connectivity index (χ3n) is 2.40. The van der Waals surface area contributed by atoms with Gasteiger partial charge in [0.25, 0.3) is 0 Å². The van der Waals surface area contributed by atoms with Crippen molar-refractivity contribution in [3.63, 3.8) is 0 Å². The molecule has 0 aliphatic heterocycles. The number of carbonyl (C=O) groups excluding carboxylic acids is 2. The fourth-order valence-electron chi connectivity index (χ4n) is 1.38. The summed E-state index contributed by atoms with van der Waals surface area (Å²) in [7, 11) is 0. The molecule has 6 nitrogen and oxygen atoms in total. The largest absolute Gasteiger partial charge is 0.444 e. The second kappa shape index (κ2) is 8.61. The van der Waals surface area contributed by atoms with Crippen LogP contribution in [0.5, 0.6) is 0 Å². The van der Waals surface area contributed by atoms with Gasteiger partial charge in [0.05, 0.1) is 0 Å². The van der Waals surface area contributed by atoms with E-state index in [1.54, 1.807) is 20.8 Å². The summed E-state index contributed by atoms with van der Waals surface area (Å²) < 4.78 is 5.07. The molecule has 3 amide bonds. The van der Waals surface area contributed by atoms with Gasteiger partial charge in [0.15, 0.2) is 0 Å². The second-order valence-electron chi connectivity index (χ2n) is 5.34. The van der Waals surface area contributed by atoms with Crippen molar-refractivity contribution in [1.82, 2.24) is 16.0 Å². The predicted octanol–water partition coefficient (Wildman–Crippen LogP) is 2.00. The lowest BCUT2D eigenvalue weighted by Crippen LogP contribution is -2.44. The van der Waals surface area contributed by atoms with Gasteiger partial charge in [-0.25, -0.2) is 9.59 Å². The van der Waals surface area contributed by atoms with E-state index in [0.717, 1.165) is 12.8 Å². The van der Waals surface area contributed by atoms with Gasteiger partial charge in [-0.05, 0) is 33.6 Å². The summed E-state index contributed by atoms with van der Waals surface area (Å²) in [5.74, 6) is 0. The van der Waals surface area contributed by atoms with Gasteiger partial charge in [0, 0.05) is 19.1 Å². The summed E-state index contributed by atoms with van der Waals surface area (Å²) in [6.45, 7) is 10.2. The molecule has 19 heavy (non-hydrogen) atoms. The molecule has 0 aromatic rings. The van der Waals surface area contributed by atoms with E-state index in [1.165, 1.54) is 0 Å². The van der Waals surface area contributed by atoms with Gasteiger partial charge in [0.1, 0.15) is 5.60 Å². The number of alkyl carbamates (subject to hydrolysis) is 1. The molecular formula is C13H27N3O3. The van der Waals surface area contributed by atoms with E-state index in [4.69, 9.17) is 4.74 Å². The highest BCUT2D eigenvalue weighted by Gasteiger charge is 2.15. The molecule has 0 fully saturated rings. The number of urea groups is 1. The molecule has 0 rings (SSSR count). The Kier molecular flexibility index (Phi) is 7.95. The van der Waals surface area contributed by atoms with Gasteiger partial charge >= 0.3 is 12.1 Å². The molecule has 0 aromatic carbocycles. The first-order chi connectivity index (χ1) is 8.78. The quantitative estimate of drug-likeness (QED) is 0.648. The second-order valence-corrected chi connectivity index (χ2v) is 5.34. The van der Waals surface area contributed by atoms with E-state index in [9.17, 15) is 9.59 Å². The molecule has 0 aromatic heterocycles. The summed E-state index contributed by atoms with van der Waals surface area (Å²) in [5.41, 5.74) is -0.510. The average Bonchev–Trinajstić information content (AvgIpc) is 2.29. The van der Waals surface area contributed by atoms with Crippen LogP contribution in [0.15, 0.2) is 0 Å². The maximum Gasteiger partial charge on any atom is 0.407 e. The Hall–Kier alpha value is -1.46. The zero-order chi connectivity index (χ0) is 14.9. The van der Waals surface area contributed by atoms with E-state index in [2.05, 4.69) is 16.0 Å². The fourth-order valence-corrected chi connectivity index (χ4v) is 1.38. The van der Waals surface area contributed by atoms with Crippen molar-refractivity contribution >= 4 is 12.1 Å². The lowest BCUT2D eigenvalue weighted by Gasteiger charge is -2.20. The molecule has 0 saturated heterocycles. The minimum absolute atomic E-state index is 0.193. The van der Waals surface area contributed by atoms with Crippen molar-refractivity contribution in [2.24, 2.45) is 0 Å². The minimum Gasteiger partial charge on any atom is -0.444 e. The smallest absolute Gasteiger partial charge is 0.407 e. The minimum atomic E-state index is -0.510. The number of nitrogens with one attached hydrogen (secondary N) is 3. The number of hydrogen-bond acceptors (Lipinski definition) is 3. The maximum absolute atomic E-state index is 11.5. The standard InChI is InChI=1S/C13H27N3O3/c1-6-10(7-2)16-11(17)14-8-9-15-12(18)19-13(3,4)5/h10H,6-9H2,1-5H3,(H,15,18)(H2,14,16,17). The first-order valence-corrected chi connectivity index (χ1v) is 6.79. The molecule has 0 saturated carbocycles. The van der Waals surface area contributed by atoms with E-state index in [1.807, 2.05) is 13.8 Å². The van der Waals surface area contributed by atoms with Crippen LogP contribution in [0.2, 0.25) is 0 Å². The normalized spacial score (nSPS) is 11.1. The molecule has 0 aliphatic carbocycles. The van der Waals surface area contributed by atoms with Gasteiger partial charge in [-0.1, -0.05) is 13.8 Å². The third kappa shape index (κ3) is 10.2. The lowest BCUT2D eigenvalue weighted by atomic mass is 10.2. The third-order valence-corrected chi connectivity index (χ3v) is 2.40. The van der Waals surface area contributed by atoms with Crippen molar-refractivity contribution in [2.45, 2.75) is 59.1 Å². The zero-order valence-corrected chi connectivity index (χ0v) is 12.6. The first-order valence-electron chi connectivity index (χ1n) is 6.79. The Labute approximate surface area is 115 Å². The summed E-state index contributed by atoms with van der Waals surface area (Å²) in [4.78, 5) is 22.8. The summed E-state index contributed by atoms with van der Waals surface area (Å²) in [5, 5.41) is 8.10. The fraction of sp³-hybridized carbons (Fsp3) is 0.846. The molecule has 112 valence electrons. The summed E-state index contributed by atoms with van der Waals surface area (Å²) >= 11 is 0. The first kappa shape index (κ1) is 17.5. The number of ether oxygens (including phenoxy) is 1. The molecule has 0 heterocycles. The van der Waals surface area contributed by atoms with Crippen LogP contribution in [0, 0.1) is 0 Å². The van der Waals surface area contributed by atoms with Gasteiger partial charge in [-0.15, -0.1) is 0 Å². The van der Waals surface area contributed by atoms with Crippen LogP contribution in [0.3, 0.4) is 0 Å². The van der Waals surface area contributed by atoms with E-state index in [0.29, 0.717) is 13.1 Å². The van der Waals surface area contributed by atoms with Crippen LogP contribution < -0.4 is 16.0 Å². The Bertz CT molecular complexity index is 283. The van der Waals surface area contributed by atoms with Crippen molar-refractivity contribution in [1.29, 1.82) is 0 Å². The average molecular weight is 273 g/mol. The van der Waals surface area contributed by atoms with Crippen molar-refractivity contribution < 1.29 is 14.3 Å². The monoisotopic (exact) mass is 273 g/mol. The molecule has 0 aliphatic rings. The van der Waals surface area contributed by atoms with E-state index < -0.39 is 11.7 Å². The summed E-state index contributed by atoms with van der Waals surface area (Å²) in [6.07, 6.45) is 1.33. The Morgan fingerprint density at radius 1 is 1.05 bits per heavy atom. The van der Waals surface area contributed by atoms with Gasteiger partial charge in [-0.2, -0.15) is 0 Å². The highest BCUT2D eigenvalue weighted by Crippen LogP contribution is 2.05. The van der Waals surface area contributed by atoms with Crippen LogP contribution in [0.4, 0.5) is 9.59 Å². The zero-order valence-electron chi connectivity index (χ0n) is 12.6. The maximum atomic E-state index is 11.5. The van der Waals surface area contributed by atoms with Crippen molar-refractivity contribution in [3.05, 3.63) is 0 Å². The van der Waals surface area contributed by atoms with Gasteiger partial charge in [-0.3, -0.25) is 0 Å². The topological polar surface area (TPSA) is 79.5 Å². The summed E-state index contributed by atoms with van der Waals surface area (Å²) in [6, 6.07) is -0.0153. The predicted molar refractivity (Wildman–Crippen MR) is 75.1 cm³/mol. The highest BCUT2D eigenvalue weighted by molar-refractivity contribution is 5.74. The Morgan fingerprint density at radius 2 is 1.58 bits per heavy atom. The SMILES string of the molecule is CCC(CC)NC(=O)NCCNC(=O)OC(C)(C)C. The Balaban J connectivity index is 3.69. The number of amides is 3. The van der Waals surface area contributed by atoms with Gasteiger partial charge < -0.3 is 20.7 Å². The Morgan fingerprint density at radius 3 is 2.05 bits per heavy atom. The van der Waals surface area contributed by atoms with E-state index >= 15 is 0 Å². The molecule has 0 unspecified atom stereocenters. The van der Waals surface area contributed by atoms with Crippen molar-refractivity contribution in [3.8, 4) is 0 Å². The van der Waals surface area contributed by atoms with Gasteiger partial charge in [0.2, 0.25) is 0 Å². The molecule has 0 radical (unpaired) electrons. The highest BCUT2D eigenvalue weighted by atomic mass is 16.6. The lowest BCUT2D eigenvalue weighted by molar-refractivity contribution is 0.0528. The number of carbonyl (C=O) groups is 2. The van der Waals surface area contributed by atoms with Crippen LogP contribution >= 0.6 is 0 Å². The van der Waals surface area contributed by atoms with Crippen LogP contribution in [0.1, 0.15) is 47.5 Å². The number of hydrogen-bond donors (Lipinski definition) is 3. The molecule has 0 atom stereocenters.